The van der Waals surface area contributed by atoms with Crippen LogP contribution in [0.2, 0.25) is 0 Å². The van der Waals surface area contributed by atoms with Crippen LogP contribution in [0.3, 0.4) is 0 Å². The molecule has 1 aromatic rings. The Morgan fingerprint density at radius 1 is 1.25 bits per heavy atom. The van der Waals surface area contributed by atoms with E-state index in [0.717, 1.165) is 12.1 Å². The minimum absolute atomic E-state index is 0.207. The molecule has 0 spiro atoms. The highest BCUT2D eigenvalue weighted by atomic mass is 19.4. The van der Waals surface area contributed by atoms with Gasteiger partial charge in [-0.05, 0) is 31.5 Å². The fourth-order valence-corrected chi connectivity index (χ4v) is 1.28. The van der Waals surface area contributed by atoms with Crippen molar-refractivity contribution in [1.29, 1.82) is 0 Å². The van der Waals surface area contributed by atoms with Gasteiger partial charge < -0.3 is 10.4 Å². The SMILES string of the molecule is Cc1ccc(C(=O)NC(C)(C(=O)O)C(F)(F)F)cc1F. The van der Waals surface area contributed by atoms with Crippen LogP contribution >= 0.6 is 0 Å². The molecule has 1 amide bonds. The van der Waals surface area contributed by atoms with Crippen LogP contribution in [0.5, 0.6) is 0 Å². The van der Waals surface area contributed by atoms with E-state index in [1.54, 1.807) is 0 Å². The van der Waals surface area contributed by atoms with Crippen LogP contribution in [0, 0.1) is 12.7 Å². The molecule has 0 saturated heterocycles. The number of carboxylic acids is 1. The Labute approximate surface area is 111 Å². The van der Waals surface area contributed by atoms with Crippen molar-refractivity contribution in [3.63, 3.8) is 0 Å². The summed E-state index contributed by atoms with van der Waals surface area (Å²) >= 11 is 0. The molecule has 110 valence electrons. The molecule has 8 heteroatoms. The third-order valence-electron chi connectivity index (χ3n) is 2.79. The molecule has 2 N–H and O–H groups in total. The van der Waals surface area contributed by atoms with E-state index in [1.165, 1.54) is 18.3 Å². The van der Waals surface area contributed by atoms with Gasteiger partial charge in [0.1, 0.15) is 5.82 Å². The molecule has 20 heavy (non-hydrogen) atoms. The molecule has 1 unspecified atom stereocenters. The van der Waals surface area contributed by atoms with Crippen LogP contribution < -0.4 is 5.32 Å². The van der Waals surface area contributed by atoms with E-state index in [1.807, 2.05) is 0 Å². The molecule has 1 aromatic carbocycles. The maximum atomic E-state index is 13.2. The van der Waals surface area contributed by atoms with E-state index in [-0.39, 0.29) is 5.56 Å². The third kappa shape index (κ3) is 2.89. The third-order valence-corrected chi connectivity index (χ3v) is 2.79. The summed E-state index contributed by atoms with van der Waals surface area (Å²) in [5, 5.41) is 10.0. The highest BCUT2D eigenvalue weighted by Crippen LogP contribution is 2.30. The zero-order chi connectivity index (χ0) is 15.7. The van der Waals surface area contributed by atoms with Crippen molar-refractivity contribution >= 4 is 11.9 Å². The number of nitrogens with one attached hydrogen (secondary N) is 1. The van der Waals surface area contributed by atoms with Gasteiger partial charge in [-0.1, -0.05) is 6.07 Å². The van der Waals surface area contributed by atoms with Gasteiger partial charge in [0.05, 0.1) is 0 Å². The van der Waals surface area contributed by atoms with E-state index in [2.05, 4.69) is 0 Å². The Bertz CT molecular complexity index is 556. The first kappa shape index (κ1) is 15.9. The Hall–Kier alpha value is -2.12. The topological polar surface area (TPSA) is 66.4 Å². The number of carboxylic acid groups (broad SMARTS) is 1. The number of aliphatic carboxylic acids is 1. The zero-order valence-corrected chi connectivity index (χ0v) is 10.5. The second kappa shape index (κ2) is 5.10. The normalized spacial score (nSPS) is 14.5. The van der Waals surface area contributed by atoms with Crippen molar-refractivity contribution in [2.75, 3.05) is 0 Å². The Morgan fingerprint density at radius 2 is 1.80 bits per heavy atom. The second-order valence-electron chi connectivity index (χ2n) is 4.35. The summed E-state index contributed by atoms with van der Waals surface area (Å²) in [6.07, 6.45) is -5.20. The first-order valence-corrected chi connectivity index (χ1v) is 5.38. The number of rotatable bonds is 3. The lowest BCUT2D eigenvalue weighted by Crippen LogP contribution is -2.61. The number of aryl methyl sites for hydroxylation is 1. The zero-order valence-electron chi connectivity index (χ0n) is 10.5. The van der Waals surface area contributed by atoms with Crippen LogP contribution in [0.4, 0.5) is 17.6 Å². The van der Waals surface area contributed by atoms with Crippen molar-refractivity contribution in [2.45, 2.75) is 25.6 Å². The second-order valence-corrected chi connectivity index (χ2v) is 4.35. The highest BCUT2D eigenvalue weighted by molar-refractivity contribution is 5.98. The lowest BCUT2D eigenvalue weighted by atomic mass is 10.0. The molecule has 0 aliphatic carbocycles. The summed E-state index contributed by atoms with van der Waals surface area (Å²) in [6, 6.07) is 3.05. The first-order valence-electron chi connectivity index (χ1n) is 5.38. The predicted octanol–water partition coefficient (Wildman–Crippen LogP) is 2.27. The van der Waals surface area contributed by atoms with Gasteiger partial charge in [0.2, 0.25) is 5.54 Å². The van der Waals surface area contributed by atoms with E-state index in [4.69, 9.17) is 5.11 Å². The number of carbonyl (C=O) groups is 2. The molecule has 0 bridgehead atoms. The Morgan fingerprint density at radius 3 is 2.20 bits per heavy atom. The summed E-state index contributed by atoms with van der Waals surface area (Å²) in [6.45, 7) is 1.73. The molecular formula is C12H11F4NO3. The van der Waals surface area contributed by atoms with Gasteiger partial charge in [-0.25, -0.2) is 9.18 Å². The molecular weight excluding hydrogens is 282 g/mol. The lowest BCUT2D eigenvalue weighted by Gasteiger charge is -2.28. The molecule has 4 nitrogen and oxygen atoms in total. The summed E-state index contributed by atoms with van der Waals surface area (Å²) in [5.41, 5.74) is -3.64. The number of hydrogen-bond acceptors (Lipinski definition) is 2. The van der Waals surface area contributed by atoms with Crippen LogP contribution in [-0.2, 0) is 4.79 Å². The largest absolute Gasteiger partial charge is 0.479 e. The minimum atomic E-state index is -5.20. The fourth-order valence-electron chi connectivity index (χ4n) is 1.28. The molecule has 0 aliphatic heterocycles. The maximum absolute atomic E-state index is 13.2. The van der Waals surface area contributed by atoms with Crippen LogP contribution in [0.1, 0.15) is 22.8 Å². The number of amides is 1. The van der Waals surface area contributed by atoms with Gasteiger partial charge in [0.25, 0.3) is 5.91 Å². The molecule has 0 saturated carbocycles. The van der Waals surface area contributed by atoms with E-state index in [9.17, 15) is 27.2 Å². The van der Waals surface area contributed by atoms with Crippen LogP contribution in [-0.4, -0.2) is 28.7 Å². The molecule has 0 aliphatic rings. The molecule has 0 aromatic heterocycles. The van der Waals surface area contributed by atoms with Crippen molar-refractivity contribution < 1.29 is 32.3 Å². The van der Waals surface area contributed by atoms with E-state index < -0.39 is 35.0 Å². The van der Waals surface area contributed by atoms with Crippen molar-refractivity contribution in [3.8, 4) is 0 Å². The van der Waals surface area contributed by atoms with E-state index >= 15 is 0 Å². The van der Waals surface area contributed by atoms with Gasteiger partial charge in [-0.3, -0.25) is 4.79 Å². The first-order chi connectivity index (χ1) is 8.99. The standard InChI is InChI=1S/C12H11F4NO3/c1-6-3-4-7(5-8(6)13)9(18)17-11(2,10(19)20)12(14,15)16/h3-5H,1-2H3,(H,17,18)(H,19,20). The number of halogens is 4. The monoisotopic (exact) mass is 293 g/mol. The lowest BCUT2D eigenvalue weighted by molar-refractivity contribution is -0.203. The molecule has 1 rings (SSSR count). The number of benzene rings is 1. The smallest absolute Gasteiger partial charge is 0.422 e. The quantitative estimate of drug-likeness (QED) is 0.840. The van der Waals surface area contributed by atoms with Gasteiger partial charge in [-0.2, -0.15) is 13.2 Å². The van der Waals surface area contributed by atoms with Gasteiger partial charge in [0, 0.05) is 5.56 Å². The summed E-state index contributed by atoms with van der Waals surface area (Å²) in [4.78, 5) is 22.4. The average Bonchev–Trinajstić information content (AvgIpc) is 2.30. The van der Waals surface area contributed by atoms with Gasteiger partial charge >= 0.3 is 12.1 Å². The summed E-state index contributed by atoms with van der Waals surface area (Å²) < 4.78 is 51.4. The minimum Gasteiger partial charge on any atom is -0.479 e. The molecule has 0 fully saturated rings. The summed E-state index contributed by atoms with van der Waals surface area (Å²) in [5.74, 6) is -4.36. The highest BCUT2D eigenvalue weighted by Gasteiger charge is 2.58. The van der Waals surface area contributed by atoms with Crippen molar-refractivity contribution in [2.24, 2.45) is 0 Å². The molecule has 0 heterocycles. The fraction of sp³-hybridized carbons (Fsp3) is 0.333. The maximum Gasteiger partial charge on any atom is 0.422 e. The Kier molecular flexibility index (Phi) is 4.07. The molecule has 1 atom stereocenters. The van der Waals surface area contributed by atoms with Crippen molar-refractivity contribution in [3.05, 3.63) is 35.1 Å². The number of alkyl halides is 3. The van der Waals surface area contributed by atoms with E-state index in [0.29, 0.717) is 6.92 Å². The number of hydrogen-bond donors (Lipinski definition) is 2. The van der Waals surface area contributed by atoms with Gasteiger partial charge in [-0.15, -0.1) is 0 Å². The van der Waals surface area contributed by atoms with Crippen LogP contribution in [0.25, 0.3) is 0 Å². The number of carbonyl (C=O) groups excluding carboxylic acids is 1. The van der Waals surface area contributed by atoms with Crippen LogP contribution in [0.15, 0.2) is 18.2 Å². The average molecular weight is 293 g/mol. The summed E-state index contributed by atoms with van der Waals surface area (Å²) in [7, 11) is 0. The Balaban J connectivity index is 3.09. The van der Waals surface area contributed by atoms with Crippen molar-refractivity contribution in [1.82, 2.24) is 5.32 Å². The molecule has 0 radical (unpaired) electrons. The van der Waals surface area contributed by atoms with Gasteiger partial charge in [0.15, 0.2) is 0 Å². The predicted molar refractivity (Wildman–Crippen MR) is 60.7 cm³/mol.